The van der Waals surface area contributed by atoms with Crippen LogP contribution in [0, 0.1) is 6.92 Å². The normalized spacial score (nSPS) is 12.5. The molecule has 8 heteroatoms. The molecule has 0 saturated heterocycles. The third kappa shape index (κ3) is 2.44. The molecule has 0 fully saturated rings. The van der Waals surface area contributed by atoms with Gasteiger partial charge in [-0.3, -0.25) is 9.59 Å². The number of hydrogen-bond donors (Lipinski definition) is 0. The Morgan fingerprint density at radius 2 is 2.22 bits per heavy atom. The van der Waals surface area contributed by atoms with Gasteiger partial charge in [0.05, 0.1) is 22.6 Å². The predicted molar refractivity (Wildman–Crippen MR) is 86.6 cm³/mol. The molecule has 1 atom stereocenters. The van der Waals surface area contributed by atoms with Crippen LogP contribution in [0.3, 0.4) is 0 Å². The topological polar surface area (TPSA) is 81.2 Å². The van der Waals surface area contributed by atoms with Crippen LogP contribution in [0.1, 0.15) is 33.9 Å². The van der Waals surface area contributed by atoms with E-state index in [1.807, 2.05) is 6.92 Å². The Morgan fingerprint density at radius 1 is 1.48 bits per heavy atom. The summed E-state index contributed by atoms with van der Waals surface area (Å²) in [6, 6.07) is 1.49. The number of aryl methyl sites for hydroxylation is 2. The zero-order valence-corrected chi connectivity index (χ0v) is 14.0. The van der Waals surface area contributed by atoms with E-state index in [0.717, 1.165) is 0 Å². The van der Waals surface area contributed by atoms with E-state index in [4.69, 9.17) is 4.52 Å². The van der Waals surface area contributed by atoms with Crippen LogP contribution in [0.2, 0.25) is 0 Å². The van der Waals surface area contributed by atoms with E-state index in [9.17, 15) is 9.59 Å². The van der Waals surface area contributed by atoms with Gasteiger partial charge in [0.1, 0.15) is 16.8 Å². The van der Waals surface area contributed by atoms with Crippen molar-refractivity contribution in [3.8, 4) is 0 Å². The summed E-state index contributed by atoms with van der Waals surface area (Å²) in [6.45, 7) is 3.65. The molecular formula is C15H16N4O3S. The third-order valence-corrected chi connectivity index (χ3v) is 5.18. The van der Waals surface area contributed by atoms with Crippen molar-refractivity contribution in [2.75, 3.05) is 7.05 Å². The Balaban J connectivity index is 2.03. The molecule has 1 amide bonds. The molecule has 3 aromatic rings. The SMILES string of the molecule is Cc1c(C(=O)N(C)[C@@H](C)c2ccon2)sc2ncn(C)c(=O)c12. The van der Waals surface area contributed by atoms with Gasteiger partial charge in [-0.2, -0.15) is 0 Å². The van der Waals surface area contributed by atoms with Gasteiger partial charge in [-0.1, -0.05) is 5.16 Å². The van der Waals surface area contributed by atoms with E-state index in [0.29, 0.717) is 26.4 Å². The highest BCUT2D eigenvalue weighted by Crippen LogP contribution is 2.29. The molecule has 3 heterocycles. The summed E-state index contributed by atoms with van der Waals surface area (Å²) in [5, 5.41) is 4.38. The van der Waals surface area contributed by atoms with Crippen LogP contribution in [0.25, 0.3) is 10.2 Å². The van der Waals surface area contributed by atoms with Crippen LogP contribution >= 0.6 is 11.3 Å². The molecule has 7 nitrogen and oxygen atoms in total. The first-order valence-corrected chi connectivity index (χ1v) is 7.85. The summed E-state index contributed by atoms with van der Waals surface area (Å²) in [4.78, 5) is 32.0. The van der Waals surface area contributed by atoms with E-state index in [1.165, 1.54) is 28.5 Å². The number of carbonyl (C=O) groups is 1. The van der Waals surface area contributed by atoms with E-state index in [1.54, 1.807) is 32.0 Å². The Labute approximate surface area is 136 Å². The number of fused-ring (bicyclic) bond motifs is 1. The van der Waals surface area contributed by atoms with Crippen molar-refractivity contribution >= 4 is 27.5 Å². The van der Waals surface area contributed by atoms with Gasteiger partial charge in [0, 0.05) is 20.2 Å². The number of thiophene rings is 1. The number of carbonyl (C=O) groups excluding carboxylic acids is 1. The van der Waals surface area contributed by atoms with Gasteiger partial charge >= 0.3 is 0 Å². The maximum absolute atomic E-state index is 12.8. The average molecular weight is 332 g/mol. The summed E-state index contributed by atoms with van der Waals surface area (Å²) in [7, 11) is 3.35. The Kier molecular flexibility index (Phi) is 3.77. The van der Waals surface area contributed by atoms with Crippen molar-refractivity contribution in [2.45, 2.75) is 19.9 Å². The largest absolute Gasteiger partial charge is 0.364 e. The van der Waals surface area contributed by atoms with Gasteiger partial charge in [0.25, 0.3) is 11.5 Å². The molecule has 120 valence electrons. The number of hydrogen-bond acceptors (Lipinski definition) is 6. The fourth-order valence-electron chi connectivity index (χ4n) is 2.38. The van der Waals surface area contributed by atoms with E-state index in [-0.39, 0.29) is 17.5 Å². The first-order chi connectivity index (χ1) is 10.9. The highest BCUT2D eigenvalue weighted by atomic mass is 32.1. The van der Waals surface area contributed by atoms with Crippen molar-refractivity contribution in [1.29, 1.82) is 0 Å². The minimum atomic E-state index is -0.235. The maximum Gasteiger partial charge on any atom is 0.264 e. The van der Waals surface area contributed by atoms with Crippen molar-refractivity contribution in [1.82, 2.24) is 19.6 Å². The molecule has 0 unspecified atom stereocenters. The molecule has 0 aromatic carbocycles. The second kappa shape index (κ2) is 5.62. The zero-order chi connectivity index (χ0) is 16.7. The number of rotatable bonds is 3. The summed E-state index contributed by atoms with van der Waals surface area (Å²) < 4.78 is 6.25. The molecule has 0 aliphatic carbocycles. The van der Waals surface area contributed by atoms with Crippen molar-refractivity contribution in [3.63, 3.8) is 0 Å². The summed E-state index contributed by atoms with van der Waals surface area (Å²) in [5.74, 6) is -0.164. The van der Waals surface area contributed by atoms with E-state index >= 15 is 0 Å². The second-order valence-corrected chi connectivity index (χ2v) is 6.41. The smallest absolute Gasteiger partial charge is 0.264 e. The fourth-order valence-corrected chi connectivity index (χ4v) is 3.51. The monoisotopic (exact) mass is 332 g/mol. The Morgan fingerprint density at radius 3 is 2.87 bits per heavy atom. The maximum atomic E-state index is 12.8. The molecule has 0 bridgehead atoms. The second-order valence-electron chi connectivity index (χ2n) is 5.41. The molecule has 0 radical (unpaired) electrons. The third-order valence-electron chi connectivity index (χ3n) is 3.99. The summed E-state index contributed by atoms with van der Waals surface area (Å²) in [5.41, 5.74) is 1.20. The van der Waals surface area contributed by atoms with Gasteiger partial charge in [0.2, 0.25) is 0 Å². The molecule has 0 aliphatic rings. The van der Waals surface area contributed by atoms with Crippen LogP contribution in [0.4, 0.5) is 0 Å². The lowest BCUT2D eigenvalue weighted by Crippen LogP contribution is -2.29. The highest BCUT2D eigenvalue weighted by molar-refractivity contribution is 7.20. The van der Waals surface area contributed by atoms with Gasteiger partial charge in [-0.15, -0.1) is 11.3 Å². The van der Waals surface area contributed by atoms with E-state index in [2.05, 4.69) is 10.1 Å². The lowest BCUT2D eigenvalue weighted by Gasteiger charge is -2.22. The highest BCUT2D eigenvalue weighted by Gasteiger charge is 2.25. The molecule has 23 heavy (non-hydrogen) atoms. The number of aromatic nitrogens is 3. The van der Waals surface area contributed by atoms with Crippen LogP contribution in [-0.4, -0.2) is 32.6 Å². The fraction of sp³-hybridized carbons (Fsp3) is 0.333. The van der Waals surface area contributed by atoms with Crippen molar-refractivity contribution in [3.05, 3.63) is 45.1 Å². The van der Waals surface area contributed by atoms with Gasteiger partial charge in [-0.25, -0.2) is 4.98 Å². The zero-order valence-electron chi connectivity index (χ0n) is 13.2. The van der Waals surface area contributed by atoms with E-state index < -0.39 is 0 Å². The summed E-state index contributed by atoms with van der Waals surface area (Å²) in [6.07, 6.45) is 2.94. The minimum absolute atomic E-state index is 0.144. The first-order valence-electron chi connectivity index (χ1n) is 7.04. The molecule has 3 rings (SSSR count). The quantitative estimate of drug-likeness (QED) is 0.734. The lowest BCUT2D eigenvalue weighted by atomic mass is 10.1. The minimum Gasteiger partial charge on any atom is -0.364 e. The predicted octanol–water partition coefficient (Wildman–Crippen LogP) is 2.12. The van der Waals surface area contributed by atoms with Crippen LogP contribution < -0.4 is 5.56 Å². The van der Waals surface area contributed by atoms with Crippen molar-refractivity contribution < 1.29 is 9.32 Å². The molecular weight excluding hydrogens is 316 g/mol. The molecule has 0 saturated carbocycles. The summed E-state index contributed by atoms with van der Waals surface area (Å²) >= 11 is 1.24. The van der Waals surface area contributed by atoms with Crippen LogP contribution in [0.5, 0.6) is 0 Å². The van der Waals surface area contributed by atoms with Crippen LogP contribution in [0.15, 0.2) is 28.0 Å². The molecule has 0 N–H and O–H groups in total. The lowest BCUT2D eigenvalue weighted by molar-refractivity contribution is 0.0742. The van der Waals surface area contributed by atoms with Gasteiger partial charge < -0.3 is 14.0 Å². The number of nitrogens with zero attached hydrogens (tertiary/aromatic N) is 4. The molecule has 3 aromatic heterocycles. The molecule has 0 spiro atoms. The van der Waals surface area contributed by atoms with Gasteiger partial charge in [0.15, 0.2) is 0 Å². The average Bonchev–Trinajstić information content (AvgIpc) is 3.17. The Bertz CT molecular complexity index is 926. The van der Waals surface area contributed by atoms with Gasteiger partial charge in [-0.05, 0) is 19.4 Å². The van der Waals surface area contributed by atoms with Crippen molar-refractivity contribution in [2.24, 2.45) is 7.05 Å². The Hall–Kier alpha value is -2.48. The molecule has 0 aliphatic heterocycles. The number of amides is 1. The van der Waals surface area contributed by atoms with Crippen LogP contribution in [-0.2, 0) is 7.05 Å². The first kappa shape index (κ1) is 15.4. The standard InChI is InChI=1S/C15H16N4O3S/c1-8-11-13(16-7-18(3)14(11)20)23-12(8)15(21)19(4)9(2)10-5-6-22-17-10/h5-7,9H,1-4H3/t9-/m0/s1.